The van der Waals surface area contributed by atoms with Crippen molar-refractivity contribution in [3.63, 3.8) is 0 Å². The number of sulfonamides is 1. The van der Waals surface area contributed by atoms with E-state index >= 15 is 0 Å². The molecule has 0 saturated heterocycles. The summed E-state index contributed by atoms with van der Waals surface area (Å²) < 4.78 is 28.2. The van der Waals surface area contributed by atoms with Gasteiger partial charge in [0, 0.05) is 11.4 Å². The third kappa shape index (κ3) is 4.24. The summed E-state index contributed by atoms with van der Waals surface area (Å²) in [4.78, 5) is 12.0. The van der Waals surface area contributed by atoms with Crippen molar-refractivity contribution in [2.75, 3.05) is 0 Å². The van der Waals surface area contributed by atoms with Crippen LogP contribution < -0.4 is 4.72 Å². The zero-order valence-corrected chi connectivity index (χ0v) is 15.0. The molecule has 1 amide bonds. The van der Waals surface area contributed by atoms with Crippen LogP contribution >= 0.6 is 11.6 Å². The fraction of sp³-hybridized carbons (Fsp3) is 0.125. The van der Waals surface area contributed by atoms with Gasteiger partial charge in [-0.3, -0.25) is 4.79 Å². The number of carbonyl (C=O) groups is 1. The van der Waals surface area contributed by atoms with Gasteiger partial charge < -0.3 is 0 Å². The molecule has 0 bridgehead atoms. The lowest BCUT2D eigenvalue weighted by Crippen LogP contribution is -2.30. The van der Waals surface area contributed by atoms with Crippen LogP contribution in [0.2, 0.25) is 5.02 Å². The summed E-state index contributed by atoms with van der Waals surface area (Å²) in [6, 6.07) is 13.1. The largest absolute Gasteiger partial charge is 0.274 e. The number of hydrogen-bond donors (Lipinski definition) is 1. The molecule has 10 heteroatoms. The van der Waals surface area contributed by atoms with Crippen LogP contribution in [0.4, 0.5) is 0 Å². The van der Waals surface area contributed by atoms with Gasteiger partial charge in [-0.05, 0) is 46.7 Å². The van der Waals surface area contributed by atoms with Crippen molar-refractivity contribution < 1.29 is 13.2 Å². The Balaban J connectivity index is 1.70. The molecule has 0 aliphatic heterocycles. The number of halogens is 1. The molecular formula is C16H14ClN5O3S. The highest BCUT2D eigenvalue weighted by Gasteiger charge is 2.18. The Labute approximate surface area is 154 Å². The summed E-state index contributed by atoms with van der Waals surface area (Å²) in [5.74, 6) is -0.613. The second-order valence-corrected chi connectivity index (χ2v) is 7.46. The average Bonchev–Trinajstić information content (AvgIpc) is 3.15. The van der Waals surface area contributed by atoms with Gasteiger partial charge >= 0.3 is 0 Å². The first-order chi connectivity index (χ1) is 12.5. The van der Waals surface area contributed by atoms with E-state index in [1.54, 1.807) is 36.4 Å². The summed E-state index contributed by atoms with van der Waals surface area (Å²) in [6.45, 7) is 0. The number of aryl methyl sites for hydroxylation is 1. The number of tetrazole rings is 1. The third-order valence-corrected chi connectivity index (χ3v) is 5.31. The molecule has 0 unspecified atom stereocenters. The van der Waals surface area contributed by atoms with E-state index in [1.807, 2.05) is 0 Å². The summed E-state index contributed by atoms with van der Waals surface area (Å²) in [5.41, 5.74) is 1.24. The zero-order valence-electron chi connectivity index (χ0n) is 13.4. The Bertz CT molecular complexity index is 1020. The molecule has 134 valence electrons. The summed E-state index contributed by atoms with van der Waals surface area (Å²) in [5, 5.41) is 11.2. The Morgan fingerprint density at radius 3 is 2.69 bits per heavy atom. The summed E-state index contributed by atoms with van der Waals surface area (Å²) in [7, 11) is -4.00. The van der Waals surface area contributed by atoms with Crippen molar-refractivity contribution in [3.8, 4) is 5.69 Å². The lowest BCUT2D eigenvalue weighted by atomic mass is 10.1. The number of nitrogens with one attached hydrogen (secondary N) is 1. The molecule has 0 aliphatic carbocycles. The summed E-state index contributed by atoms with van der Waals surface area (Å²) in [6.07, 6.45) is 1.68. The smallest absolute Gasteiger partial charge is 0.264 e. The van der Waals surface area contributed by atoms with E-state index in [-0.39, 0.29) is 11.3 Å². The highest BCUT2D eigenvalue weighted by molar-refractivity contribution is 7.90. The van der Waals surface area contributed by atoms with Crippen molar-refractivity contribution in [3.05, 3.63) is 65.4 Å². The fourth-order valence-electron chi connectivity index (χ4n) is 2.28. The molecule has 2 aromatic carbocycles. The zero-order chi connectivity index (χ0) is 18.6. The van der Waals surface area contributed by atoms with E-state index in [2.05, 4.69) is 20.2 Å². The van der Waals surface area contributed by atoms with Gasteiger partial charge in [0.2, 0.25) is 5.91 Å². The average molecular weight is 392 g/mol. The molecule has 0 spiro atoms. The SMILES string of the molecule is O=C(CCc1ccccc1Cl)NS(=O)(=O)c1cccc(-n2cnnn2)c1. The van der Waals surface area contributed by atoms with Crippen molar-refractivity contribution in [1.82, 2.24) is 24.9 Å². The minimum absolute atomic E-state index is 0.00432. The van der Waals surface area contributed by atoms with Crippen molar-refractivity contribution in [2.24, 2.45) is 0 Å². The van der Waals surface area contributed by atoms with Crippen LogP contribution in [0.15, 0.2) is 59.8 Å². The third-order valence-electron chi connectivity index (χ3n) is 3.57. The second kappa shape index (κ2) is 7.63. The minimum atomic E-state index is -4.00. The van der Waals surface area contributed by atoms with E-state index in [1.165, 1.54) is 23.1 Å². The molecule has 0 saturated carbocycles. The van der Waals surface area contributed by atoms with Gasteiger partial charge in [-0.25, -0.2) is 17.8 Å². The van der Waals surface area contributed by atoms with Crippen LogP contribution in [0.25, 0.3) is 5.69 Å². The molecule has 1 aromatic heterocycles. The minimum Gasteiger partial charge on any atom is -0.274 e. The van der Waals surface area contributed by atoms with Crippen LogP contribution in [0.3, 0.4) is 0 Å². The Kier molecular flexibility index (Phi) is 5.29. The number of hydrogen-bond acceptors (Lipinski definition) is 6. The molecule has 1 heterocycles. The number of benzene rings is 2. The van der Waals surface area contributed by atoms with Crippen LogP contribution in [-0.2, 0) is 21.2 Å². The predicted octanol–water partition coefficient (Wildman–Crippen LogP) is 1.75. The highest BCUT2D eigenvalue weighted by atomic mass is 35.5. The second-order valence-electron chi connectivity index (χ2n) is 5.37. The molecule has 1 N–H and O–H groups in total. The van der Waals surface area contributed by atoms with E-state index in [0.29, 0.717) is 17.1 Å². The maximum Gasteiger partial charge on any atom is 0.264 e. The van der Waals surface area contributed by atoms with E-state index < -0.39 is 15.9 Å². The molecule has 0 radical (unpaired) electrons. The van der Waals surface area contributed by atoms with Gasteiger partial charge in [-0.15, -0.1) is 5.10 Å². The van der Waals surface area contributed by atoms with Crippen LogP contribution in [-0.4, -0.2) is 34.5 Å². The highest BCUT2D eigenvalue weighted by Crippen LogP contribution is 2.17. The first kappa shape index (κ1) is 18.0. The number of amides is 1. The molecule has 0 aliphatic rings. The predicted molar refractivity (Wildman–Crippen MR) is 94.3 cm³/mol. The van der Waals surface area contributed by atoms with E-state index in [9.17, 15) is 13.2 Å². The van der Waals surface area contributed by atoms with E-state index in [0.717, 1.165) is 5.56 Å². The normalized spacial score (nSPS) is 11.3. The number of nitrogens with zero attached hydrogens (tertiary/aromatic N) is 4. The van der Waals surface area contributed by atoms with Gasteiger partial charge in [0.15, 0.2) is 0 Å². The number of rotatable bonds is 6. The standard InChI is InChI=1S/C16H14ClN5O3S/c17-15-7-2-1-4-12(15)8-9-16(23)19-26(24,25)14-6-3-5-13(10-14)22-11-18-20-21-22/h1-7,10-11H,8-9H2,(H,19,23). The molecule has 3 aromatic rings. The van der Waals surface area contributed by atoms with E-state index in [4.69, 9.17) is 11.6 Å². The molecule has 0 fully saturated rings. The quantitative estimate of drug-likeness (QED) is 0.686. The molecular weight excluding hydrogens is 378 g/mol. The monoisotopic (exact) mass is 391 g/mol. The maximum atomic E-state index is 12.4. The van der Waals surface area contributed by atoms with Crippen LogP contribution in [0, 0.1) is 0 Å². The Morgan fingerprint density at radius 1 is 1.15 bits per heavy atom. The van der Waals surface area contributed by atoms with Gasteiger partial charge in [0.05, 0.1) is 10.6 Å². The van der Waals surface area contributed by atoms with Gasteiger partial charge in [-0.1, -0.05) is 35.9 Å². The number of aromatic nitrogens is 4. The first-order valence-electron chi connectivity index (χ1n) is 7.58. The number of carbonyl (C=O) groups excluding carboxylic acids is 1. The first-order valence-corrected chi connectivity index (χ1v) is 9.44. The topological polar surface area (TPSA) is 107 Å². The van der Waals surface area contributed by atoms with Crippen LogP contribution in [0.5, 0.6) is 0 Å². The Morgan fingerprint density at radius 2 is 1.96 bits per heavy atom. The van der Waals surface area contributed by atoms with Gasteiger partial charge in [-0.2, -0.15) is 0 Å². The van der Waals surface area contributed by atoms with Crippen molar-refractivity contribution in [2.45, 2.75) is 17.7 Å². The van der Waals surface area contributed by atoms with Gasteiger partial charge in [0.1, 0.15) is 6.33 Å². The Hall–Kier alpha value is -2.78. The van der Waals surface area contributed by atoms with Gasteiger partial charge in [0.25, 0.3) is 10.0 Å². The lowest BCUT2D eigenvalue weighted by molar-refractivity contribution is -0.119. The molecule has 3 rings (SSSR count). The summed E-state index contributed by atoms with van der Waals surface area (Å²) >= 11 is 6.03. The lowest BCUT2D eigenvalue weighted by Gasteiger charge is -2.09. The molecule has 26 heavy (non-hydrogen) atoms. The van der Waals surface area contributed by atoms with Crippen molar-refractivity contribution in [1.29, 1.82) is 0 Å². The maximum absolute atomic E-state index is 12.4. The molecule has 0 atom stereocenters. The molecule has 8 nitrogen and oxygen atoms in total. The van der Waals surface area contributed by atoms with Crippen molar-refractivity contribution >= 4 is 27.5 Å². The fourth-order valence-corrected chi connectivity index (χ4v) is 3.57. The van der Waals surface area contributed by atoms with Crippen LogP contribution in [0.1, 0.15) is 12.0 Å².